The third-order valence-electron chi connectivity index (χ3n) is 3.20. The van der Waals surface area contributed by atoms with E-state index in [2.05, 4.69) is 10.3 Å². The van der Waals surface area contributed by atoms with E-state index in [-0.39, 0.29) is 11.1 Å². The summed E-state index contributed by atoms with van der Waals surface area (Å²) >= 11 is 0.941. The number of nitrogens with one attached hydrogen (secondary N) is 2. The quantitative estimate of drug-likeness (QED) is 0.784. The normalized spacial score (nSPS) is 17.5. The van der Waals surface area contributed by atoms with Gasteiger partial charge in [-0.25, -0.2) is 0 Å². The number of aromatic amines is 1. The van der Waals surface area contributed by atoms with Crippen LogP contribution in [0.4, 0.5) is 4.79 Å². The van der Waals surface area contributed by atoms with Gasteiger partial charge in [-0.15, -0.1) is 0 Å². The van der Waals surface area contributed by atoms with Gasteiger partial charge in [0.25, 0.3) is 11.1 Å². The molecule has 4 nitrogen and oxygen atoms in total. The summed E-state index contributed by atoms with van der Waals surface area (Å²) < 4.78 is 0. The highest BCUT2D eigenvalue weighted by Gasteiger charge is 2.25. The fourth-order valence-electron chi connectivity index (χ4n) is 2.25. The third-order valence-corrected chi connectivity index (χ3v) is 4.01. The number of carbonyl (C=O) groups is 2. The first-order chi connectivity index (χ1) is 9.06. The Morgan fingerprint density at radius 2 is 2.00 bits per heavy atom. The highest BCUT2D eigenvalue weighted by atomic mass is 32.2. The molecule has 1 aliphatic rings. The molecule has 0 atom stereocenters. The van der Waals surface area contributed by atoms with Crippen LogP contribution in [0, 0.1) is 13.8 Å². The number of aryl methyl sites for hydroxylation is 2. The number of benzene rings is 1. The molecule has 3 rings (SSSR count). The van der Waals surface area contributed by atoms with E-state index in [4.69, 9.17) is 0 Å². The Morgan fingerprint density at radius 1 is 1.21 bits per heavy atom. The number of H-pyrrole nitrogens is 1. The molecule has 1 aromatic carbocycles. The standard InChI is InChI=1S/C14H12N2O2S/c1-7-4-3-5-9-10(8(2)15-12(7)9)6-11-13(17)16-14(18)19-11/h3-6,15H,1-2H3,(H,16,17,18)/b11-6-. The van der Waals surface area contributed by atoms with Crippen LogP contribution in [0.1, 0.15) is 16.8 Å². The van der Waals surface area contributed by atoms with Crippen molar-refractivity contribution in [1.82, 2.24) is 10.3 Å². The Balaban J connectivity index is 2.19. The summed E-state index contributed by atoms with van der Waals surface area (Å²) in [7, 11) is 0. The van der Waals surface area contributed by atoms with Gasteiger partial charge < -0.3 is 4.98 Å². The molecule has 0 aliphatic carbocycles. The molecule has 0 bridgehead atoms. The number of hydrogen-bond donors (Lipinski definition) is 2. The van der Waals surface area contributed by atoms with Gasteiger partial charge in [-0.3, -0.25) is 14.9 Å². The molecule has 0 spiro atoms. The van der Waals surface area contributed by atoms with Crippen LogP contribution in [-0.4, -0.2) is 16.1 Å². The second kappa shape index (κ2) is 4.28. The summed E-state index contributed by atoms with van der Waals surface area (Å²) in [6.07, 6.45) is 1.78. The molecule has 1 saturated heterocycles. The number of imide groups is 1. The van der Waals surface area contributed by atoms with E-state index in [9.17, 15) is 9.59 Å². The number of rotatable bonds is 1. The second-order valence-electron chi connectivity index (χ2n) is 4.51. The zero-order valence-electron chi connectivity index (χ0n) is 10.5. The number of amides is 2. The highest BCUT2D eigenvalue weighted by molar-refractivity contribution is 8.18. The first-order valence-corrected chi connectivity index (χ1v) is 6.70. The molecule has 2 amide bonds. The second-order valence-corrected chi connectivity index (χ2v) is 5.53. The average molecular weight is 272 g/mol. The highest BCUT2D eigenvalue weighted by Crippen LogP contribution is 2.31. The number of carbonyl (C=O) groups excluding carboxylic acids is 2. The van der Waals surface area contributed by atoms with Crippen LogP contribution in [-0.2, 0) is 4.79 Å². The monoisotopic (exact) mass is 272 g/mol. The number of para-hydroxylation sites is 1. The van der Waals surface area contributed by atoms with Crippen molar-refractivity contribution in [1.29, 1.82) is 0 Å². The van der Waals surface area contributed by atoms with E-state index < -0.39 is 0 Å². The minimum absolute atomic E-state index is 0.315. The molecular formula is C14H12N2O2S. The molecular weight excluding hydrogens is 260 g/mol. The maximum absolute atomic E-state index is 11.6. The molecule has 1 fully saturated rings. The molecule has 19 heavy (non-hydrogen) atoms. The van der Waals surface area contributed by atoms with Crippen molar-refractivity contribution in [3.05, 3.63) is 39.9 Å². The van der Waals surface area contributed by atoms with Crippen molar-refractivity contribution in [3.63, 3.8) is 0 Å². The summed E-state index contributed by atoms with van der Waals surface area (Å²) in [4.78, 5) is 26.5. The van der Waals surface area contributed by atoms with Crippen LogP contribution < -0.4 is 5.32 Å². The number of thioether (sulfide) groups is 1. The van der Waals surface area contributed by atoms with Crippen LogP contribution in [0.3, 0.4) is 0 Å². The maximum Gasteiger partial charge on any atom is 0.290 e. The lowest BCUT2D eigenvalue weighted by atomic mass is 10.1. The number of fused-ring (bicyclic) bond motifs is 1. The van der Waals surface area contributed by atoms with Crippen LogP contribution in [0.25, 0.3) is 17.0 Å². The van der Waals surface area contributed by atoms with E-state index in [1.165, 1.54) is 0 Å². The van der Waals surface area contributed by atoms with Crippen LogP contribution in [0.5, 0.6) is 0 Å². The van der Waals surface area contributed by atoms with Gasteiger partial charge in [0.2, 0.25) is 0 Å². The van der Waals surface area contributed by atoms with Crippen LogP contribution >= 0.6 is 11.8 Å². The van der Waals surface area contributed by atoms with E-state index in [0.29, 0.717) is 4.91 Å². The molecule has 96 valence electrons. The van der Waals surface area contributed by atoms with Gasteiger partial charge >= 0.3 is 0 Å². The Morgan fingerprint density at radius 3 is 2.68 bits per heavy atom. The fraction of sp³-hybridized carbons (Fsp3) is 0.143. The zero-order chi connectivity index (χ0) is 13.6. The first kappa shape index (κ1) is 12.0. The maximum atomic E-state index is 11.6. The largest absolute Gasteiger partial charge is 0.358 e. The minimum Gasteiger partial charge on any atom is -0.358 e. The van der Waals surface area contributed by atoms with Gasteiger partial charge in [-0.2, -0.15) is 0 Å². The molecule has 2 N–H and O–H groups in total. The summed E-state index contributed by atoms with van der Waals surface area (Å²) in [5.74, 6) is -0.323. The lowest BCUT2D eigenvalue weighted by Gasteiger charge is -1.97. The van der Waals surface area contributed by atoms with Crippen LogP contribution in [0.15, 0.2) is 23.1 Å². The Hall–Kier alpha value is -2.01. The Bertz CT molecular complexity index is 743. The summed E-state index contributed by atoms with van der Waals surface area (Å²) in [5, 5.41) is 3.02. The smallest absolute Gasteiger partial charge is 0.290 e. The van der Waals surface area contributed by atoms with Crippen molar-refractivity contribution in [2.45, 2.75) is 13.8 Å². The first-order valence-electron chi connectivity index (χ1n) is 5.89. The molecule has 0 unspecified atom stereocenters. The van der Waals surface area contributed by atoms with Crippen molar-refractivity contribution < 1.29 is 9.59 Å². The van der Waals surface area contributed by atoms with Gasteiger partial charge in [0.1, 0.15) is 0 Å². The lowest BCUT2D eigenvalue weighted by molar-refractivity contribution is -0.115. The molecule has 2 aromatic rings. The van der Waals surface area contributed by atoms with Crippen LogP contribution in [0.2, 0.25) is 0 Å². The van der Waals surface area contributed by atoms with Crippen molar-refractivity contribution >= 4 is 39.9 Å². The number of aromatic nitrogens is 1. The third kappa shape index (κ3) is 1.96. The van der Waals surface area contributed by atoms with Gasteiger partial charge in [-0.05, 0) is 37.2 Å². The van der Waals surface area contributed by atoms with Crippen molar-refractivity contribution in [2.75, 3.05) is 0 Å². The molecule has 2 heterocycles. The van der Waals surface area contributed by atoms with Crippen molar-refractivity contribution in [3.8, 4) is 0 Å². The average Bonchev–Trinajstić information content (AvgIpc) is 2.83. The Labute approximate surface area is 114 Å². The van der Waals surface area contributed by atoms with Crippen molar-refractivity contribution in [2.24, 2.45) is 0 Å². The Kier molecular flexibility index (Phi) is 2.71. The summed E-state index contributed by atoms with van der Waals surface area (Å²) in [6.45, 7) is 4.00. The molecule has 0 radical (unpaired) electrons. The van der Waals surface area contributed by atoms with E-state index in [0.717, 1.165) is 39.5 Å². The number of hydrogen-bond acceptors (Lipinski definition) is 3. The molecule has 1 aromatic heterocycles. The SMILES string of the molecule is Cc1[nH]c2c(C)cccc2c1/C=C1\SC(=O)NC1=O. The van der Waals surface area contributed by atoms with E-state index in [1.807, 2.05) is 32.0 Å². The molecule has 0 saturated carbocycles. The predicted octanol–water partition coefficient (Wildman–Crippen LogP) is 3.11. The van der Waals surface area contributed by atoms with E-state index in [1.54, 1.807) is 6.08 Å². The summed E-state index contributed by atoms with van der Waals surface area (Å²) in [5.41, 5.74) is 4.18. The van der Waals surface area contributed by atoms with Gasteiger partial charge in [-0.1, -0.05) is 18.2 Å². The summed E-state index contributed by atoms with van der Waals surface area (Å²) in [6, 6.07) is 6.04. The molecule has 5 heteroatoms. The van der Waals surface area contributed by atoms with Gasteiger partial charge in [0, 0.05) is 22.2 Å². The fourth-order valence-corrected chi connectivity index (χ4v) is 2.92. The lowest BCUT2D eigenvalue weighted by Crippen LogP contribution is -2.17. The van der Waals surface area contributed by atoms with Gasteiger partial charge in [0.05, 0.1) is 4.91 Å². The topological polar surface area (TPSA) is 62.0 Å². The van der Waals surface area contributed by atoms with Gasteiger partial charge in [0.15, 0.2) is 0 Å². The molecule has 1 aliphatic heterocycles. The minimum atomic E-state index is -0.323. The zero-order valence-corrected chi connectivity index (χ0v) is 11.4. The van der Waals surface area contributed by atoms with E-state index >= 15 is 0 Å². The predicted molar refractivity (Wildman–Crippen MR) is 76.9 cm³/mol.